The van der Waals surface area contributed by atoms with E-state index in [0.717, 1.165) is 24.9 Å². The van der Waals surface area contributed by atoms with Crippen LogP contribution in [0.4, 0.5) is 0 Å². The van der Waals surface area contributed by atoms with E-state index in [-0.39, 0.29) is 22.9 Å². The number of aromatic carboxylic acids is 1. The molecule has 0 aliphatic carbocycles. The van der Waals surface area contributed by atoms with E-state index in [1.165, 1.54) is 0 Å². The fourth-order valence-corrected chi connectivity index (χ4v) is 2.76. The third kappa shape index (κ3) is 3.82. The van der Waals surface area contributed by atoms with Gasteiger partial charge in [-0.3, -0.25) is 4.79 Å². The number of rotatable bonds is 4. The Balaban J connectivity index is 1.97. The van der Waals surface area contributed by atoms with Gasteiger partial charge in [-0.05, 0) is 42.5 Å². The highest BCUT2D eigenvalue weighted by Gasteiger charge is 2.36. The monoisotopic (exact) mass is 290 g/mol. The van der Waals surface area contributed by atoms with Gasteiger partial charge in [0, 0.05) is 6.54 Å². The van der Waals surface area contributed by atoms with Crippen molar-refractivity contribution < 1.29 is 14.7 Å². The second-order valence-electron chi connectivity index (χ2n) is 6.20. The highest BCUT2D eigenvalue weighted by atomic mass is 16.4. The first-order chi connectivity index (χ1) is 9.90. The highest BCUT2D eigenvalue weighted by molar-refractivity contribution is 5.87. The van der Waals surface area contributed by atoms with Crippen molar-refractivity contribution in [2.45, 2.75) is 39.3 Å². The molecule has 0 spiro atoms. The van der Waals surface area contributed by atoms with Crippen LogP contribution in [0.5, 0.6) is 0 Å². The van der Waals surface area contributed by atoms with E-state index in [4.69, 9.17) is 5.11 Å². The lowest BCUT2D eigenvalue weighted by Crippen LogP contribution is -2.55. The molecule has 1 atom stereocenters. The van der Waals surface area contributed by atoms with E-state index < -0.39 is 5.97 Å². The van der Waals surface area contributed by atoms with Crippen LogP contribution in [0.1, 0.15) is 42.6 Å². The van der Waals surface area contributed by atoms with Crippen LogP contribution in [0.3, 0.4) is 0 Å². The summed E-state index contributed by atoms with van der Waals surface area (Å²) < 4.78 is 0. The van der Waals surface area contributed by atoms with Gasteiger partial charge >= 0.3 is 5.97 Å². The molecule has 1 aliphatic heterocycles. The first kappa shape index (κ1) is 15.5. The molecule has 1 amide bonds. The smallest absolute Gasteiger partial charge is 0.335 e. The molecule has 0 aromatic heterocycles. The molecule has 21 heavy (non-hydrogen) atoms. The molecular weight excluding hydrogens is 268 g/mol. The van der Waals surface area contributed by atoms with Crippen LogP contribution in [0.15, 0.2) is 24.3 Å². The summed E-state index contributed by atoms with van der Waals surface area (Å²) in [7, 11) is 0. The van der Waals surface area contributed by atoms with Crippen LogP contribution in [-0.4, -0.2) is 29.6 Å². The third-order valence-electron chi connectivity index (χ3n) is 4.03. The van der Waals surface area contributed by atoms with E-state index in [1.54, 1.807) is 18.2 Å². The van der Waals surface area contributed by atoms with Gasteiger partial charge < -0.3 is 15.7 Å². The molecule has 3 N–H and O–H groups in total. The maximum atomic E-state index is 12.3. The van der Waals surface area contributed by atoms with Gasteiger partial charge in [0.15, 0.2) is 0 Å². The summed E-state index contributed by atoms with van der Waals surface area (Å²) >= 11 is 0. The SMILES string of the molecule is CC1(C)CCCNC1C(=O)NCc1cccc(C(=O)O)c1. The van der Waals surface area contributed by atoms with Crippen molar-refractivity contribution >= 4 is 11.9 Å². The van der Waals surface area contributed by atoms with Gasteiger partial charge in [-0.25, -0.2) is 4.79 Å². The Bertz CT molecular complexity index is 540. The molecule has 1 aromatic carbocycles. The van der Waals surface area contributed by atoms with Crippen molar-refractivity contribution in [2.75, 3.05) is 6.54 Å². The summed E-state index contributed by atoms with van der Waals surface area (Å²) in [5.74, 6) is -0.987. The minimum absolute atomic E-state index is 0.0274. The number of nitrogens with one attached hydrogen (secondary N) is 2. The molecule has 1 fully saturated rings. The van der Waals surface area contributed by atoms with Crippen LogP contribution in [0.25, 0.3) is 0 Å². The van der Waals surface area contributed by atoms with Crippen LogP contribution >= 0.6 is 0 Å². The lowest BCUT2D eigenvalue weighted by molar-refractivity contribution is -0.126. The number of carbonyl (C=O) groups is 2. The molecule has 1 heterocycles. The number of amides is 1. The normalized spacial score (nSPS) is 20.8. The quantitative estimate of drug-likeness (QED) is 0.790. The standard InChI is InChI=1S/C16H22N2O3/c1-16(2)7-4-8-17-13(16)14(19)18-10-11-5-3-6-12(9-11)15(20)21/h3,5-6,9,13,17H,4,7-8,10H2,1-2H3,(H,18,19)(H,20,21). The van der Waals surface area contributed by atoms with E-state index in [1.807, 2.05) is 6.07 Å². The second-order valence-corrected chi connectivity index (χ2v) is 6.20. The van der Waals surface area contributed by atoms with Gasteiger partial charge in [-0.15, -0.1) is 0 Å². The van der Waals surface area contributed by atoms with Crippen molar-refractivity contribution in [3.8, 4) is 0 Å². The van der Waals surface area contributed by atoms with Gasteiger partial charge in [-0.2, -0.15) is 0 Å². The number of carboxylic acid groups (broad SMARTS) is 1. The zero-order chi connectivity index (χ0) is 15.5. The summed E-state index contributed by atoms with van der Waals surface area (Å²) in [6.07, 6.45) is 2.10. The summed E-state index contributed by atoms with van der Waals surface area (Å²) in [6.45, 7) is 5.38. The Kier molecular flexibility index (Phi) is 4.63. The Morgan fingerprint density at radius 3 is 2.86 bits per heavy atom. The zero-order valence-corrected chi connectivity index (χ0v) is 12.5. The van der Waals surface area contributed by atoms with Gasteiger partial charge in [-0.1, -0.05) is 26.0 Å². The molecule has 0 radical (unpaired) electrons. The molecule has 0 saturated carbocycles. The molecule has 1 aromatic rings. The van der Waals surface area contributed by atoms with Crippen LogP contribution in [0, 0.1) is 5.41 Å². The van der Waals surface area contributed by atoms with Gasteiger partial charge in [0.1, 0.15) is 0 Å². The number of piperidine rings is 1. The largest absolute Gasteiger partial charge is 0.478 e. The molecular formula is C16H22N2O3. The van der Waals surface area contributed by atoms with Gasteiger partial charge in [0.05, 0.1) is 11.6 Å². The van der Waals surface area contributed by atoms with Crippen LogP contribution < -0.4 is 10.6 Å². The summed E-state index contributed by atoms with van der Waals surface area (Å²) in [5, 5.41) is 15.1. The maximum absolute atomic E-state index is 12.3. The predicted molar refractivity (Wildman–Crippen MR) is 80.1 cm³/mol. The summed E-state index contributed by atoms with van der Waals surface area (Å²) in [6, 6.07) is 6.43. The Hall–Kier alpha value is -1.88. The molecule has 5 nitrogen and oxygen atoms in total. The molecule has 114 valence electrons. The van der Waals surface area contributed by atoms with Crippen LogP contribution in [-0.2, 0) is 11.3 Å². The van der Waals surface area contributed by atoms with Gasteiger partial charge in [0.2, 0.25) is 5.91 Å². The minimum Gasteiger partial charge on any atom is -0.478 e. The lowest BCUT2D eigenvalue weighted by atomic mass is 9.77. The fraction of sp³-hybridized carbons (Fsp3) is 0.500. The van der Waals surface area contributed by atoms with Crippen molar-refractivity contribution in [2.24, 2.45) is 5.41 Å². The first-order valence-electron chi connectivity index (χ1n) is 7.23. The molecule has 5 heteroatoms. The summed E-state index contributed by atoms with van der Waals surface area (Å²) in [5.41, 5.74) is 0.959. The van der Waals surface area contributed by atoms with E-state index in [0.29, 0.717) is 6.54 Å². The number of carbonyl (C=O) groups excluding carboxylic acids is 1. The third-order valence-corrected chi connectivity index (χ3v) is 4.03. The zero-order valence-electron chi connectivity index (χ0n) is 12.5. The predicted octanol–water partition coefficient (Wildman–Crippen LogP) is 1.78. The molecule has 1 saturated heterocycles. The minimum atomic E-state index is -0.960. The number of hydrogen-bond donors (Lipinski definition) is 3. The van der Waals surface area contributed by atoms with Crippen molar-refractivity contribution in [3.63, 3.8) is 0 Å². The second kappa shape index (κ2) is 6.26. The highest BCUT2D eigenvalue weighted by Crippen LogP contribution is 2.30. The topological polar surface area (TPSA) is 78.4 Å². The van der Waals surface area contributed by atoms with Crippen molar-refractivity contribution in [1.29, 1.82) is 0 Å². The maximum Gasteiger partial charge on any atom is 0.335 e. The average Bonchev–Trinajstić information content (AvgIpc) is 2.44. The van der Waals surface area contributed by atoms with Gasteiger partial charge in [0.25, 0.3) is 0 Å². The number of benzene rings is 1. The Morgan fingerprint density at radius 2 is 2.19 bits per heavy atom. The van der Waals surface area contributed by atoms with E-state index >= 15 is 0 Å². The van der Waals surface area contributed by atoms with Crippen molar-refractivity contribution in [3.05, 3.63) is 35.4 Å². The Morgan fingerprint density at radius 1 is 1.43 bits per heavy atom. The van der Waals surface area contributed by atoms with E-state index in [2.05, 4.69) is 24.5 Å². The molecule has 2 rings (SSSR count). The average molecular weight is 290 g/mol. The number of carboxylic acids is 1. The Labute approximate surface area is 124 Å². The van der Waals surface area contributed by atoms with E-state index in [9.17, 15) is 9.59 Å². The van der Waals surface area contributed by atoms with Crippen molar-refractivity contribution in [1.82, 2.24) is 10.6 Å². The number of hydrogen-bond acceptors (Lipinski definition) is 3. The fourth-order valence-electron chi connectivity index (χ4n) is 2.76. The summed E-state index contributed by atoms with van der Waals surface area (Å²) in [4.78, 5) is 23.2. The lowest BCUT2D eigenvalue weighted by Gasteiger charge is -2.38. The molecule has 1 unspecified atom stereocenters. The first-order valence-corrected chi connectivity index (χ1v) is 7.23. The molecule has 1 aliphatic rings. The molecule has 0 bridgehead atoms. The van der Waals surface area contributed by atoms with Crippen LogP contribution in [0.2, 0.25) is 0 Å².